The van der Waals surface area contributed by atoms with Crippen molar-refractivity contribution in [3.63, 3.8) is 0 Å². The van der Waals surface area contributed by atoms with Gasteiger partial charge in [0.25, 0.3) is 0 Å². The molecule has 2 rings (SSSR count). The standard InChI is InChI=1S/C13H15ClN4O/c14-10-4-1-3-9(7-10)12-11(16-6-2-5-15)8-17-13(19)18-12/h1,3-4,7-8,16H,2,5-6,15H2,(H,17,18,19). The molecule has 1 heterocycles. The summed E-state index contributed by atoms with van der Waals surface area (Å²) in [6, 6.07) is 7.29. The SMILES string of the molecule is NCCCNc1cnc(=O)[nH]c1-c1cccc(Cl)c1. The van der Waals surface area contributed by atoms with Gasteiger partial charge in [-0.2, -0.15) is 4.98 Å². The molecule has 0 saturated carbocycles. The van der Waals surface area contributed by atoms with Crippen molar-refractivity contribution < 1.29 is 0 Å². The molecular weight excluding hydrogens is 264 g/mol. The Bertz CT molecular complexity index is 612. The Labute approximate surface area is 115 Å². The van der Waals surface area contributed by atoms with Crippen molar-refractivity contribution in [2.24, 2.45) is 5.73 Å². The summed E-state index contributed by atoms with van der Waals surface area (Å²) in [5, 5.41) is 3.82. The second-order valence-corrected chi connectivity index (χ2v) is 4.49. The molecule has 0 aliphatic heterocycles. The van der Waals surface area contributed by atoms with Crippen LogP contribution in [0.2, 0.25) is 5.02 Å². The van der Waals surface area contributed by atoms with Crippen LogP contribution in [0.4, 0.5) is 5.69 Å². The lowest BCUT2D eigenvalue weighted by Crippen LogP contribution is -2.15. The lowest BCUT2D eigenvalue weighted by molar-refractivity contribution is 0.872. The molecule has 0 radical (unpaired) electrons. The number of nitrogens with one attached hydrogen (secondary N) is 2. The summed E-state index contributed by atoms with van der Waals surface area (Å²) in [7, 11) is 0. The van der Waals surface area contributed by atoms with Crippen LogP contribution in [-0.4, -0.2) is 23.1 Å². The molecule has 5 nitrogen and oxygen atoms in total. The van der Waals surface area contributed by atoms with Crippen LogP contribution in [0.5, 0.6) is 0 Å². The number of nitrogens with two attached hydrogens (primary N) is 1. The zero-order valence-corrected chi connectivity index (χ0v) is 11.1. The van der Waals surface area contributed by atoms with Gasteiger partial charge in [-0.15, -0.1) is 0 Å². The van der Waals surface area contributed by atoms with Crippen LogP contribution in [0.1, 0.15) is 6.42 Å². The number of benzene rings is 1. The highest BCUT2D eigenvalue weighted by Gasteiger charge is 2.07. The number of halogens is 1. The van der Waals surface area contributed by atoms with Crippen LogP contribution in [0.25, 0.3) is 11.3 Å². The van der Waals surface area contributed by atoms with Gasteiger partial charge in [0, 0.05) is 17.1 Å². The third kappa shape index (κ3) is 3.56. The van der Waals surface area contributed by atoms with E-state index in [0.717, 1.165) is 24.2 Å². The van der Waals surface area contributed by atoms with Crippen LogP contribution in [0, 0.1) is 0 Å². The predicted molar refractivity (Wildman–Crippen MR) is 77.5 cm³/mol. The van der Waals surface area contributed by atoms with Crippen molar-refractivity contribution >= 4 is 17.3 Å². The van der Waals surface area contributed by atoms with Gasteiger partial charge in [-0.05, 0) is 25.1 Å². The maximum absolute atomic E-state index is 11.4. The van der Waals surface area contributed by atoms with Crippen LogP contribution in [0.15, 0.2) is 35.3 Å². The molecule has 0 unspecified atom stereocenters. The Kier molecular flexibility index (Phi) is 4.54. The fourth-order valence-electron chi connectivity index (χ4n) is 1.73. The number of rotatable bonds is 5. The molecule has 6 heteroatoms. The van der Waals surface area contributed by atoms with E-state index in [1.807, 2.05) is 12.1 Å². The molecule has 0 amide bonds. The third-order valence-electron chi connectivity index (χ3n) is 2.62. The van der Waals surface area contributed by atoms with Crippen LogP contribution in [-0.2, 0) is 0 Å². The zero-order chi connectivity index (χ0) is 13.7. The minimum absolute atomic E-state index is 0.389. The van der Waals surface area contributed by atoms with Crippen LogP contribution < -0.4 is 16.7 Å². The van der Waals surface area contributed by atoms with Gasteiger partial charge < -0.3 is 16.0 Å². The van der Waals surface area contributed by atoms with E-state index in [0.29, 0.717) is 17.3 Å². The number of aromatic nitrogens is 2. The first-order chi connectivity index (χ1) is 9.20. The topological polar surface area (TPSA) is 83.8 Å². The highest BCUT2D eigenvalue weighted by molar-refractivity contribution is 6.30. The second-order valence-electron chi connectivity index (χ2n) is 4.06. The summed E-state index contributed by atoms with van der Waals surface area (Å²) in [5.74, 6) is 0. The van der Waals surface area contributed by atoms with Gasteiger partial charge in [-0.25, -0.2) is 4.79 Å². The van der Waals surface area contributed by atoms with Crippen LogP contribution >= 0.6 is 11.6 Å². The molecule has 0 atom stereocenters. The molecular formula is C13H15ClN4O. The van der Waals surface area contributed by atoms with Gasteiger partial charge >= 0.3 is 5.69 Å². The van der Waals surface area contributed by atoms with Crippen molar-refractivity contribution in [1.29, 1.82) is 0 Å². The maximum atomic E-state index is 11.4. The van der Waals surface area contributed by atoms with Gasteiger partial charge in [0.1, 0.15) is 0 Å². The van der Waals surface area contributed by atoms with Crippen molar-refractivity contribution in [2.75, 3.05) is 18.4 Å². The Morgan fingerprint density at radius 3 is 3.00 bits per heavy atom. The summed E-state index contributed by atoms with van der Waals surface area (Å²) in [5.41, 5.74) is 7.34. The largest absolute Gasteiger partial charge is 0.382 e. The van der Waals surface area contributed by atoms with Gasteiger partial charge in [-0.3, -0.25) is 0 Å². The highest BCUT2D eigenvalue weighted by Crippen LogP contribution is 2.25. The average molecular weight is 279 g/mol. The molecule has 0 fully saturated rings. The first-order valence-electron chi connectivity index (χ1n) is 6.00. The Balaban J connectivity index is 2.37. The number of nitrogens with zero attached hydrogens (tertiary/aromatic N) is 1. The molecule has 19 heavy (non-hydrogen) atoms. The monoisotopic (exact) mass is 278 g/mol. The molecule has 4 N–H and O–H groups in total. The van der Waals surface area contributed by atoms with Gasteiger partial charge in [-0.1, -0.05) is 23.7 Å². The van der Waals surface area contributed by atoms with Crippen molar-refractivity contribution in [3.8, 4) is 11.3 Å². The number of hydrogen-bond acceptors (Lipinski definition) is 4. The third-order valence-corrected chi connectivity index (χ3v) is 2.86. The molecule has 2 aromatic rings. The molecule has 1 aromatic carbocycles. The van der Waals surface area contributed by atoms with Gasteiger partial charge in [0.05, 0.1) is 17.6 Å². The first kappa shape index (κ1) is 13.6. The fraction of sp³-hybridized carbons (Fsp3) is 0.231. The molecule has 0 aliphatic rings. The number of aromatic amines is 1. The van der Waals surface area contributed by atoms with Crippen LogP contribution in [0.3, 0.4) is 0 Å². The molecule has 100 valence electrons. The van der Waals surface area contributed by atoms with Gasteiger partial charge in [0.15, 0.2) is 0 Å². The summed E-state index contributed by atoms with van der Waals surface area (Å²) in [4.78, 5) is 17.8. The van der Waals surface area contributed by atoms with Crippen molar-refractivity contribution in [3.05, 3.63) is 46.0 Å². The number of hydrogen-bond donors (Lipinski definition) is 3. The Hall–Kier alpha value is -1.85. The first-order valence-corrected chi connectivity index (χ1v) is 6.37. The van der Waals surface area contributed by atoms with E-state index in [4.69, 9.17) is 17.3 Å². The lowest BCUT2D eigenvalue weighted by atomic mass is 10.1. The van der Waals surface area contributed by atoms with E-state index < -0.39 is 0 Å². The summed E-state index contributed by atoms with van der Waals surface area (Å²) >= 11 is 5.97. The minimum Gasteiger partial charge on any atom is -0.382 e. The second kappa shape index (κ2) is 6.36. The molecule has 1 aromatic heterocycles. The quantitative estimate of drug-likeness (QED) is 0.729. The fourth-order valence-corrected chi connectivity index (χ4v) is 1.92. The minimum atomic E-state index is -0.389. The van der Waals surface area contributed by atoms with Crippen molar-refractivity contribution in [2.45, 2.75) is 6.42 Å². The molecule has 0 spiro atoms. The molecule has 0 saturated heterocycles. The van der Waals surface area contributed by atoms with E-state index in [-0.39, 0.29) is 5.69 Å². The average Bonchev–Trinajstić information content (AvgIpc) is 2.40. The normalized spacial score (nSPS) is 10.4. The zero-order valence-electron chi connectivity index (χ0n) is 10.3. The van der Waals surface area contributed by atoms with E-state index in [9.17, 15) is 4.79 Å². The predicted octanol–water partition coefficient (Wildman–Crippen LogP) is 1.85. The maximum Gasteiger partial charge on any atom is 0.345 e. The van der Waals surface area contributed by atoms with E-state index in [1.54, 1.807) is 12.1 Å². The van der Waals surface area contributed by atoms with E-state index in [2.05, 4.69) is 15.3 Å². The van der Waals surface area contributed by atoms with Crippen molar-refractivity contribution in [1.82, 2.24) is 9.97 Å². The number of anilines is 1. The van der Waals surface area contributed by atoms with E-state index >= 15 is 0 Å². The lowest BCUT2D eigenvalue weighted by Gasteiger charge is -2.11. The van der Waals surface area contributed by atoms with E-state index in [1.165, 1.54) is 6.20 Å². The highest BCUT2D eigenvalue weighted by atomic mass is 35.5. The Morgan fingerprint density at radius 2 is 2.26 bits per heavy atom. The summed E-state index contributed by atoms with van der Waals surface area (Å²) in [6.45, 7) is 1.33. The summed E-state index contributed by atoms with van der Waals surface area (Å²) < 4.78 is 0. The molecule has 0 aliphatic carbocycles. The smallest absolute Gasteiger partial charge is 0.345 e. The van der Waals surface area contributed by atoms with Gasteiger partial charge in [0.2, 0.25) is 0 Å². The molecule has 0 bridgehead atoms. The Morgan fingerprint density at radius 1 is 1.42 bits per heavy atom. The summed E-state index contributed by atoms with van der Waals surface area (Å²) in [6.07, 6.45) is 2.36. The number of H-pyrrole nitrogens is 1.